The first-order valence-corrected chi connectivity index (χ1v) is 5.08. The van der Waals surface area contributed by atoms with Crippen molar-refractivity contribution in [2.45, 2.75) is 12.5 Å². The van der Waals surface area contributed by atoms with E-state index in [0.29, 0.717) is 0 Å². The van der Waals surface area contributed by atoms with Crippen molar-refractivity contribution >= 4 is 5.65 Å². The molecule has 5 nitrogen and oxygen atoms in total. The fourth-order valence-electron chi connectivity index (χ4n) is 1.77. The molecule has 78 valence electrons. The van der Waals surface area contributed by atoms with E-state index in [4.69, 9.17) is 4.74 Å². The van der Waals surface area contributed by atoms with Crippen LogP contribution in [0, 0.1) is 0 Å². The van der Waals surface area contributed by atoms with Crippen LogP contribution in [-0.2, 0) is 0 Å². The molecular weight excluding hydrogens is 192 g/mol. The van der Waals surface area contributed by atoms with Gasteiger partial charge in [-0.15, -0.1) is 0 Å². The van der Waals surface area contributed by atoms with Gasteiger partial charge in [0.1, 0.15) is 6.10 Å². The van der Waals surface area contributed by atoms with Gasteiger partial charge in [-0.1, -0.05) is 0 Å². The maximum absolute atomic E-state index is 5.77. The van der Waals surface area contributed by atoms with E-state index in [1.807, 2.05) is 12.3 Å². The maximum Gasteiger partial charge on any atom is 0.156 e. The lowest BCUT2D eigenvalue weighted by Crippen LogP contribution is -2.19. The molecule has 0 aliphatic carbocycles. The van der Waals surface area contributed by atoms with Gasteiger partial charge in [-0.25, -0.2) is 9.50 Å². The summed E-state index contributed by atoms with van der Waals surface area (Å²) in [6.45, 7) is 1.94. The van der Waals surface area contributed by atoms with Crippen LogP contribution in [0.15, 0.2) is 24.7 Å². The minimum Gasteiger partial charge on any atom is -0.486 e. The number of aromatic nitrogens is 3. The average molecular weight is 204 g/mol. The van der Waals surface area contributed by atoms with Crippen molar-refractivity contribution in [2.75, 3.05) is 13.1 Å². The topological polar surface area (TPSA) is 51.5 Å². The summed E-state index contributed by atoms with van der Waals surface area (Å²) < 4.78 is 7.49. The molecule has 0 amide bonds. The largest absolute Gasteiger partial charge is 0.486 e. The summed E-state index contributed by atoms with van der Waals surface area (Å²) in [5, 5.41) is 7.37. The second-order valence-corrected chi connectivity index (χ2v) is 3.66. The van der Waals surface area contributed by atoms with Gasteiger partial charge in [0.05, 0.1) is 18.6 Å². The minimum atomic E-state index is 0.264. The lowest BCUT2D eigenvalue weighted by Gasteiger charge is -2.11. The Bertz CT molecular complexity index is 461. The first kappa shape index (κ1) is 8.67. The Kier molecular flexibility index (Phi) is 2.03. The van der Waals surface area contributed by atoms with E-state index in [2.05, 4.69) is 15.4 Å². The molecular formula is C10H12N4O. The predicted molar refractivity (Wildman–Crippen MR) is 54.9 cm³/mol. The van der Waals surface area contributed by atoms with Crippen LogP contribution in [-0.4, -0.2) is 33.8 Å². The summed E-state index contributed by atoms with van der Waals surface area (Å²) in [5.41, 5.74) is 0.840. The molecule has 0 aromatic carbocycles. The average Bonchev–Trinajstić information content (AvgIpc) is 2.87. The zero-order valence-electron chi connectivity index (χ0n) is 8.26. The third-order valence-corrected chi connectivity index (χ3v) is 2.54. The van der Waals surface area contributed by atoms with Gasteiger partial charge in [0.2, 0.25) is 0 Å². The summed E-state index contributed by atoms with van der Waals surface area (Å²) in [6, 6.07) is 1.86. The molecule has 0 bridgehead atoms. The molecule has 5 heteroatoms. The molecule has 1 unspecified atom stereocenters. The van der Waals surface area contributed by atoms with Gasteiger partial charge in [0, 0.05) is 12.6 Å². The van der Waals surface area contributed by atoms with Crippen molar-refractivity contribution in [3.8, 4) is 5.75 Å². The summed E-state index contributed by atoms with van der Waals surface area (Å²) >= 11 is 0. The Hall–Kier alpha value is -1.62. The third kappa shape index (κ3) is 1.66. The molecule has 1 aliphatic heterocycles. The van der Waals surface area contributed by atoms with Crippen molar-refractivity contribution in [1.29, 1.82) is 0 Å². The molecule has 0 radical (unpaired) electrons. The standard InChI is InChI=1S/C10H12N4O/c1-3-11-5-8(1)15-9-6-12-10-2-4-13-14(10)7-9/h2,4,6-8,11H,1,3,5H2. The van der Waals surface area contributed by atoms with E-state index in [1.54, 1.807) is 16.9 Å². The number of rotatable bonds is 2. The Morgan fingerprint density at radius 1 is 1.53 bits per heavy atom. The number of hydrogen-bond acceptors (Lipinski definition) is 4. The van der Waals surface area contributed by atoms with Crippen molar-refractivity contribution in [3.05, 3.63) is 24.7 Å². The fraction of sp³-hybridized carbons (Fsp3) is 0.400. The van der Waals surface area contributed by atoms with Crippen LogP contribution in [0.3, 0.4) is 0 Å². The van der Waals surface area contributed by atoms with Gasteiger partial charge in [-0.05, 0) is 13.0 Å². The molecule has 1 fully saturated rings. The molecule has 15 heavy (non-hydrogen) atoms. The molecule has 1 aliphatic rings. The van der Waals surface area contributed by atoms with Gasteiger partial charge < -0.3 is 10.1 Å². The van der Waals surface area contributed by atoms with E-state index in [-0.39, 0.29) is 6.10 Å². The Balaban J connectivity index is 1.84. The van der Waals surface area contributed by atoms with Crippen molar-refractivity contribution in [2.24, 2.45) is 0 Å². The molecule has 3 rings (SSSR count). The van der Waals surface area contributed by atoms with E-state index in [0.717, 1.165) is 30.9 Å². The lowest BCUT2D eigenvalue weighted by atomic mass is 10.3. The predicted octanol–water partition coefficient (Wildman–Crippen LogP) is 0.470. The monoisotopic (exact) mass is 204 g/mol. The van der Waals surface area contributed by atoms with Crippen molar-refractivity contribution < 1.29 is 4.74 Å². The second-order valence-electron chi connectivity index (χ2n) is 3.66. The summed E-state index contributed by atoms with van der Waals surface area (Å²) in [6.07, 6.45) is 6.65. The second kappa shape index (κ2) is 3.51. The van der Waals surface area contributed by atoms with Crippen LogP contribution >= 0.6 is 0 Å². The lowest BCUT2D eigenvalue weighted by molar-refractivity contribution is 0.221. The van der Waals surface area contributed by atoms with Crippen molar-refractivity contribution in [1.82, 2.24) is 19.9 Å². The molecule has 2 aromatic rings. The first-order chi connectivity index (χ1) is 7.42. The number of fused-ring (bicyclic) bond motifs is 1. The van der Waals surface area contributed by atoms with E-state index < -0.39 is 0 Å². The molecule has 2 aromatic heterocycles. The van der Waals surface area contributed by atoms with E-state index >= 15 is 0 Å². The fourth-order valence-corrected chi connectivity index (χ4v) is 1.77. The summed E-state index contributed by atoms with van der Waals surface area (Å²) in [4.78, 5) is 4.24. The third-order valence-electron chi connectivity index (χ3n) is 2.54. The Morgan fingerprint density at radius 3 is 3.40 bits per heavy atom. The van der Waals surface area contributed by atoms with Crippen LogP contribution in [0.4, 0.5) is 0 Å². The maximum atomic E-state index is 5.77. The first-order valence-electron chi connectivity index (χ1n) is 5.08. The van der Waals surface area contributed by atoms with Crippen LogP contribution in [0.2, 0.25) is 0 Å². The van der Waals surface area contributed by atoms with Gasteiger partial charge in [-0.3, -0.25) is 0 Å². The number of hydrogen-bond donors (Lipinski definition) is 1. The summed E-state index contributed by atoms with van der Waals surface area (Å²) in [7, 11) is 0. The van der Waals surface area contributed by atoms with Gasteiger partial charge in [0.25, 0.3) is 0 Å². The highest BCUT2D eigenvalue weighted by atomic mass is 16.5. The highest BCUT2D eigenvalue weighted by molar-refractivity contribution is 5.37. The van der Waals surface area contributed by atoms with Crippen LogP contribution in [0.25, 0.3) is 5.65 Å². The summed E-state index contributed by atoms with van der Waals surface area (Å²) in [5.74, 6) is 0.778. The molecule has 1 saturated heterocycles. The zero-order valence-corrected chi connectivity index (χ0v) is 8.26. The van der Waals surface area contributed by atoms with E-state index in [9.17, 15) is 0 Å². The highest BCUT2D eigenvalue weighted by Gasteiger charge is 2.16. The van der Waals surface area contributed by atoms with Crippen molar-refractivity contribution in [3.63, 3.8) is 0 Å². The minimum absolute atomic E-state index is 0.264. The highest BCUT2D eigenvalue weighted by Crippen LogP contribution is 2.14. The van der Waals surface area contributed by atoms with Crippen LogP contribution in [0.1, 0.15) is 6.42 Å². The van der Waals surface area contributed by atoms with E-state index in [1.165, 1.54) is 0 Å². The van der Waals surface area contributed by atoms with Crippen LogP contribution < -0.4 is 10.1 Å². The zero-order chi connectivity index (χ0) is 10.1. The normalized spacial score (nSPS) is 20.9. The molecule has 0 saturated carbocycles. The molecule has 1 atom stereocenters. The molecule has 0 spiro atoms. The smallest absolute Gasteiger partial charge is 0.156 e. The molecule has 3 heterocycles. The number of nitrogens with one attached hydrogen (secondary N) is 1. The molecule has 1 N–H and O–H groups in total. The SMILES string of the molecule is c1cc2ncc(OC3CCNC3)cn2n1. The van der Waals surface area contributed by atoms with Gasteiger partial charge in [0.15, 0.2) is 11.4 Å². The van der Waals surface area contributed by atoms with Crippen LogP contribution in [0.5, 0.6) is 5.75 Å². The quantitative estimate of drug-likeness (QED) is 0.772. The Morgan fingerprint density at radius 2 is 2.53 bits per heavy atom. The van der Waals surface area contributed by atoms with Gasteiger partial charge in [-0.2, -0.15) is 5.10 Å². The Labute approximate surface area is 87.1 Å². The van der Waals surface area contributed by atoms with Gasteiger partial charge >= 0.3 is 0 Å². The number of nitrogens with zero attached hydrogens (tertiary/aromatic N) is 3. The number of ether oxygens (including phenoxy) is 1.